The summed E-state index contributed by atoms with van der Waals surface area (Å²) in [5, 5.41) is 4.10. The summed E-state index contributed by atoms with van der Waals surface area (Å²) < 4.78 is 5.44. The summed E-state index contributed by atoms with van der Waals surface area (Å²) in [6.07, 6.45) is 5.01. The van der Waals surface area contributed by atoms with Gasteiger partial charge in [0.05, 0.1) is 18.5 Å². The third-order valence-electron chi connectivity index (χ3n) is 5.23. The van der Waals surface area contributed by atoms with E-state index in [1.807, 2.05) is 61.5 Å². The Balaban J connectivity index is 1.53. The molecule has 0 unspecified atom stereocenters. The lowest BCUT2D eigenvalue weighted by Gasteiger charge is -2.27. The fraction of sp³-hybridized carbons (Fsp3) is 0.280. The van der Waals surface area contributed by atoms with Crippen LogP contribution in [-0.4, -0.2) is 41.8 Å². The maximum atomic E-state index is 12.8. The topological polar surface area (TPSA) is 79.7 Å². The van der Waals surface area contributed by atoms with Crippen molar-refractivity contribution in [1.29, 1.82) is 0 Å². The van der Waals surface area contributed by atoms with Gasteiger partial charge in [-0.2, -0.15) is 5.10 Å². The molecule has 2 heterocycles. The number of ether oxygens (including phenoxy) is 1. The summed E-state index contributed by atoms with van der Waals surface area (Å²) in [7, 11) is 0. The molecule has 1 N–H and O–H groups in total. The van der Waals surface area contributed by atoms with E-state index in [-0.39, 0.29) is 5.91 Å². The zero-order chi connectivity index (χ0) is 22.2. The molecule has 0 atom stereocenters. The highest BCUT2D eigenvalue weighted by Gasteiger charge is 2.18. The highest BCUT2D eigenvalue weighted by molar-refractivity contribution is 5.94. The van der Waals surface area contributed by atoms with Gasteiger partial charge in [-0.3, -0.25) is 4.79 Å². The molecule has 0 aliphatic carbocycles. The van der Waals surface area contributed by atoms with Crippen LogP contribution in [0, 0.1) is 0 Å². The van der Waals surface area contributed by atoms with Gasteiger partial charge in [0.1, 0.15) is 11.4 Å². The summed E-state index contributed by atoms with van der Waals surface area (Å²) in [5.41, 5.74) is 5.41. The number of anilines is 1. The SMILES string of the molecule is CCOc1ccc(/C=N/NC(=O)c2cc(-c3ccccc3)nc(N3CCCCC3)n2)cc1. The van der Waals surface area contributed by atoms with E-state index in [9.17, 15) is 4.79 Å². The summed E-state index contributed by atoms with van der Waals surface area (Å²) in [4.78, 5) is 24.3. The van der Waals surface area contributed by atoms with Crippen LogP contribution in [0.25, 0.3) is 11.3 Å². The Kier molecular flexibility index (Phi) is 7.07. The van der Waals surface area contributed by atoms with Crippen molar-refractivity contribution < 1.29 is 9.53 Å². The molecule has 1 aromatic heterocycles. The molecule has 1 fully saturated rings. The Morgan fingerprint density at radius 2 is 1.81 bits per heavy atom. The molecule has 0 radical (unpaired) electrons. The van der Waals surface area contributed by atoms with Gasteiger partial charge in [0.2, 0.25) is 5.95 Å². The van der Waals surface area contributed by atoms with Gasteiger partial charge in [0, 0.05) is 18.7 Å². The molecule has 164 valence electrons. The lowest BCUT2D eigenvalue weighted by molar-refractivity contribution is 0.0950. The smallest absolute Gasteiger partial charge is 0.290 e. The third kappa shape index (κ3) is 5.49. The van der Waals surface area contributed by atoms with Crippen LogP contribution in [0.15, 0.2) is 65.8 Å². The largest absolute Gasteiger partial charge is 0.494 e. The fourth-order valence-electron chi connectivity index (χ4n) is 3.58. The van der Waals surface area contributed by atoms with Gasteiger partial charge >= 0.3 is 0 Å². The van der Waals surface area contributed by atoms with Gasteiger partial charge in [-0.05, 0) is 62.1 Å². The van der Waals surface area contributed by atoms with Crippen molar-refractivity contribution in [2.24, 2.45) is 5.10 Å². The highest BCUT2D eigenvalue weighted by Crippen LogP contribution is 2.23. The van der Waals surface area contributed by atoms with Crippen LogP contribution in [0.4, 0.5) is 5.95 Å². The van der Waals surface area contributed by atoms with Crippen LogP contribution in [-0.2, 0) is 0 Å². The molecule has 7 heteroatoms. The predicted octanol–water partition coefficient (Wildman–Crippen LogP) is 4.30. The van der Waals surface area contributed by atoms with Gasteiger partial charge in [-0.1, -0.05) is 30.3 Å². The van der Waals surface area contributed by atoms with Gasteiger partial charge < -0.3 is 9.64 Å². The van der Waals surface area contributed by atoms with Gasteiger partial charge in [-0.15, -0.1) is 0 Å². The molecule has 0 bridgehead atoms. The molecule has 1 amide bonds. The Labute approximate surface area is 188 Å². The van der Waals surface area contributed by atoms with Crippen molar-refractivity contribution in [3.8, 4) is 17.0 Å². The van der Waals surface area contributed by atoms with Crippen LogP contribution in [0.3, 0.4) is 0 Å². The summed E-state index contributed by atoms with van der Waals surface area (Å²) in [6.45, 7) is 4.36. The van der Waals surface area contributed by atoms with Gasteiger partial charge in [-0.25, -0.2) is 15.4 Å². The monoisotopic (exact) mass is 429 g/mol. The average Bonchev–Trinajstić information content (AvgIpc) is 2.86. The maximum absolute atomic E-state index is 12.8. The first-order chi connectivity index (χ1) is 15.7. The number of hydrogen-bond donors (Lipinski definition) is 1. The Bertz CT molecular complexity index is 1060. The van der Waals surface area contributed by atoms with Crippen molar-refractivity contribution in [3.63, 3.8) is 0 Å². The molecular formula is C25H27N5O2. The highest BCUT2D eigenvalue weighted by atomic mass is 16.5. The third-order valence-corrected chi connectivity index (χ3v) is 5.23. The molecule has 32 heavy (non-hydrogen) atoms. The molecule has 1 aliphatic heterocycles. The van der Waals surface area contributed by atoms with E-state index in [1.54, 1.807) is 12.3 Å². The maximum Gasteiger partial charge on any atom is 0.290 e. The number of aromatic nitrogens is 2. The van der Waals surface area contributed by atoms with E-state index in [2.05, 4.69) is 20.4 Å². The molecule has 1 saturated heterocycles. The second-order valence-electron chi connectivity index (χ2n) is 7.55. The second kappa shape index (κ2) is 10.5. The van der Waals surface area contributed by atoms with E-state index < -0.39 is 0 Å². The average molecular weight is 430 g/mol. The fourth-order valence-corrected chi connectivity index (χ4v) is 3.58. The Morgan fingerprint density at radius 3 is 2.53 bits per heavy atom. The standard InChI is InChI=1S/C25H27N5O2/c1-2-32-21-13-11-19(12-14-21)18-26-29-24(31)23-17-22(20-9-5-3-6-10-20)27-25(28-23)30-15-7-4-8-16-30/h3,5-6,9-14,17-18H,2,4,7-8,15-16H2,1H3,(H,29,31)/b26-18+. The van der Waals surface area contributed by atoms with Crippen molar-refractivity contribution in [2.45, 2.75) is 26.2 Å². The molecule has 3 aromatic rings. The van der Waals surface area contributed by atoms with Crippen molar-refractivity contribution in [2.75, 3.05) is 24.6 Å². The lowest BCUT2D eigenvalue weighted by atomic mass is 10.1. The predicted molar refractivity (Wildman–Crippen MR) is 126 cm³/mol. The molecule has 7 nitrogen and oxygen atoms in total. The first-order valence-corrected chi connectivity index (χ1v) is 11.0. The quantitative estimate of drug-likeness (QED) is 0.448. The zero-order valence-corrected chi connectivity index (χ0v) is 18.2. The Hall–Kier alpha value is -3.74. The number of nitrogens with one attached hydrogen (secondary N) is 1. The number of rotatable bonds is 7. The summed E-state index contributed by atoms with van der Waals surface area (Å²) >= 11 is 0. The number of piperidine rings is 1. The van der Waals surface area contributed by atoms with Crippen molar-refractivity contribution in [3.05, 3.63) is 71.9 Å². The second-order valence-corrected chi connectivity index (χ2v) is 7.55. The van der Waals surface area contributed by atoms with Crippen LogP contribution in [0.1, 0.15) is 42.2 Å². The normalized spacial score (nSPS) is 13.8. The lowest BCUT2D eigenvalue weighted by Crippen LogP contribution is -2.32. The van der Waals surface area contributed by atoms with Crippen LogP contribution in [0.5, 0.6) is 5.75 Å². The van der Waals surface area contributed by atoms with Crippen LogP contribution < -0.4 is 15.1 Å². The number of hydrogen-bond acceptors (Lipinski definition) is 6. The van der Waals surface area contributed by atoms with E-state index in [4.69, 9.17) is 9.72 Å². The van der Waals surface area contributed by atoms with Crippen LogP contribution >= 0.6 is 0 Å². The van der Waals surface area contributed by atoms with E-state index in [0.29, 0.717) is 18.2 Å². The zero-order valence-electron chi connectivity index (χ0n) is 18.2. The molecule has 0 spiro atoms. The summed E-state index contributed by atoms with van der Waals surface area (Å²) in [5.74, 6) is 1.02. The van der Waals surface area contributed by atoms with Gasteiger partial charge in [0.15, 0.2) is 0 Å². The first-order valence-electron chi connectivity index (χ1n) is 11.0. The molecule has 4 rings (SSSR count). The molecular weight excluding hydrogens is 402 g/mol. The minimum atomic E-state index is -0.370. The number of benzene rings is 2. The summed E-state index contributed by atoms with van der Waals surface area (Å²) in [6, 6.07) is 19.0. The minimum absolute atomic E-state index is 0.295. The van der Waals surface area contributed by atoms with E-state index in [1.165, 1.54) is 6.42 Å². The minimum Gasteiger partial charge on any atom is -0.494 e. The van der Waals surface area contributed by atoms with Gasteiger partial charge in [0.25, 0.3) is 5.91 Å². The first kappa shape index (κ1) is 21.5. The number of nitrogens with zero attached hydrogens (tertiary/aromatic N) is 4. The molecule has 1 aliphatic rings. The number of carbonyl (C=O) groups is 1. The molecule has 0 saturated carbocycles. The number of carbonyl (C=O) groups excluding carboxylic acids is 1. The van der Waals surface area contributed by atoms with Crippen LogP contribution in [0.2, 0.25) is 0 Å². The number of hydrazone groups is 1. The molecule has 2 aromatic carbocycles. The van der Waals surface area contributed by atoms with Crippen molar-refractivity contribution in [1.82, 2.24) is 15.4 Å². The Morgan fingerprint density at radius 1 is 1.06 bits per heavy atom. The number of amides is 1. The van der Waals surface area contributed by atoms with Crippen molar-refractivity contribution >= 4 is 18.1 Å². The van der Waals surface area contributed by atoms with E-state index in [0.717, 1.165) is 48.5 Å². The van der Waals surface area contributed by atoms with E-state index >= 15 is 0 Å².